The van der Waals surface area contributed by atoms with Gasteiger partial charge in [0, 0.05) is 24.7 Å². The third-order valence-electron chi connectivity index (χ3n) is 3.89. The second-order valence-electron chi connectivity index (χ2n) is 5.23. The number of nitrogens with zero attached hydrogens (tertiary/aromatic N) is 2. The number of methoxy groups -OCH3 is 2. The Morgan fingerprint density at radius 2 is 1.95 bits per heavy atom. The number of aromatic nitrogens is 2. The van der Waals surface area contributed by atoms with Gasteiger partial charge in [0.1, 0.15) is 17.2 Å². The van der Waals surface area contributed by atoms with Crippen LogP contribution in [0.1, 0.15) is 23.3 Å². The van der Waals surface area contributed by atoms with E-state index in [0.29, 0.717) is 22.9 Å². The first-order valence-corrected chi connectivity index (χ1v) is 7.30. The van der Waals surface area contributed by atoms with Gasteiger partial charge in [-0.25, -0.2) is 0 Å². The van der Waals surface area contributed by atoms with Crippen LogP contribution in [0.5, 0.6) is 11.5 Å². The first-order valence-electron chi connectivity index (χ1n) is 7.30. The van der Waals surface area contributed by atoms with Crippen molar-refractivity contribution in [2.45, 2.75) is 12.8 Å². The molecule has 0 spiro atoms. The van der Waals surface area contributed by atoms with E-state index < -0.39 is 0 Å². The van der Waals surface area contributed by atoms with Gasteiger partial charge in [0.15, 0.2) is 0 Å². The zero-order valence-electron chi connectivity index (χ0n) is 12.8. The van der Waals surface area contributed by atoms with Crippen LogP contribution in [0, 0.1) is 0 Å². The second-order valence-corrected chi connectivity index (χ2v) is 5.23. The van der Waals surface area contributed by atoms with Crippen LogP contribution in [0.4, 0.5) is 0 Å². The molecule has 116 valence electrons. The Morgan fingerprint density at radius 3 is 2.64 bits per heavy atom. The van der Waals surface area contributed by atoms with Crippen molar-refractivity contribution in [3.63, 3.8) is 0 Å². The van der Waals surface area contributed by atoms with Crippen molar-refractivity contribution in [1.82, 2.24) is 15.1 Å². The fraction of sp³-hybridized carbons (Fsp3) is 0.375. The van der Waals surface area contributed by atoms with Gasteiger partial charge in [0.2, 0.25) is 0 Å². The van der Waals surface area contributed by atoms with Crippen LogP contribution in [0.25, 0.3) is 11.3 Å². The van der Waals surface area contributed by atoms with E-state index in [4.69, 9.17) is 9.47 Å². The normalized spacial score (nSPS) is 14.2. The molecule has 1 saturated heterocycles. The van der Waals surface area contributed by atoms with Crippen molar-refractivity contribution in [3.05, 3.63) is 30.0 Å². The van der Waals surface area contributed by atoms with Gasteiger partial charge in [-0.2, -0.15) is 5.10 Å². The predicted octanol–water partition coefficient (Wildman–Crippen LogP) is 2.33. The van der Waals surface area contributed by atoms with Crippen molar-refractivity contribution in [2.75, 3.05) is 27.3 Å². The molecule has 1 aliphatic rings. The maximum absolute atomic E-state index is 12.3. The molecule has 22 heavy (non-hydrogen) atoms. The van der Waals surface area contributed by atoms with Gasteiger partial charge in [-0.15, -0.1) is 0 Å². The fourth-order valence-electron chi connectivity index (χ4n) is 2.67. The third-order valence-corrected chi connectivity index (χ3v) is 3.89. The number of benzene rings is 1. The zero-order valence-corrected chi connectivity index (χ0v) is 12.8. The lowest BCUT2D eigenvalue weighted by Crippen LogP contribution is -2.27. The summed E-state index contributed by atoms with van der Waals surface area (Å²) in [5, 5.41) is 7.08. The minimum absolute atomic E-state index is 0.00345. The van der Waals surface area contributed by atoms with Crippen LogP contribution in [-0.2, 0) is 0 Å². The highest BCUT2D eigenvalue weighted by atomic mass is 16.5. The number of nitrogens with one attached hydrogen (secondary N) is 1. The summed E-state index contributed by atoms with van der Waals surface area (Å²) >= 11 is 0. The van der Waals surface area contributed by atoms with Gasteiger partial charge in [-0.1, -0.05) is 0 Å². The molecule has 0 aliphatic carbocycles. The van der Waals surface area contributed by atoms with Gasteiger partial charge in [0.05, 0.1) is 19.9 Å². The van der Waals surface area contributed by atoms with Gasteiger partial charge >= 0.3 is 0 Å². The zero-order chi connectivity index (χ0) is 15.5. The van der Waals surface area contributed by atoms with Crippen LogP contribution in [0.2, 0.25) is 0 Å². The lowest BCUT2D eigenvalue weighted by Gasteiger charge is -2.13. The topological polar surface area (TPSA) is 67.5 Å². The Morgan fingerprint density at radius 1 is 1.18 bits per heavy atom. The third kappa shape index (κ3) is 2.64. The standard InChI is InChI=1S/C16H19N3O3/c1-21-11-5-6-12(15(9-11)22-2)13-10-14(18-17-13)16(20)19-7-3-4-8-19/h5-6,9-10H,3-4,7-8H2,1-2H3,(H,17,18). The Labute approximate surface area is 129 Å². The average molecular weight is 301 g/mol. The quantitative estimate of drug-likeness (QED) is 0.941. The van der Waals surface area contributed by atoms with Crippen molar-refractivity contribution in [2.24, 2.45) is 0 Å². The van der Waals surface area contributed by atoms with E-state index in [9.17, 15) is 4.79 Å². The first kappa shape index (κ1) is 14.4. The van der Waals surface area contributed by atoms with Crippen molar-refractivity contribution in [1.29, 1.82) is 0 Å². The smallest absolute Gasteiger partial charge is 0.271 e. The van der Waals surface area contributed by atoms with E-state index >= 15 is 0 Å². The highest BCUT2D eigenvalue weighted by Gasteiger charge is 2.22. The summed E-state index contributed by atoms with van der Waals surface area (Å²) in [6.07, 6.45) is 2.14. The summed E-state index contributed by atoms with van der Waals surface area (Å²) in [4.78, 5) is 14.2. The minimum Gasteiger partial charge on any atom is -0.497 e. The van der Waals surface area contributed by atoms with Gasteiger partial charge in [-0.3, -0.25) is 9.89 Å². The number of amides is 1. The molecule has 1 aromatic heterocycles. The highest BCUT2D eigenvalue weighted by molar-refractivity contribution is 5.93. The minimum atomic E-state index is 0.00345. The van der Waals surface area contributed by atoms with E-state index in [2.05, 4.69) is 10.2 Å². The maximum Gasteiger partial charge on any atom is 0.271 e. The molecule has 0 saturated carbocycles. The van der Waals surface area contributed by atoms with Crippen molar-refractivity contribution in [3.8, 4) is 22.8 Å². The first-order chi connectivity index (χ1) is 10.7. The molecule has 1 fully saturated rings. The largest absolute Gasteiger partial charge is 0.497 e. The number of hydrogen-bond donors (Lipinski definition) is 1. The summed E-state index contributed by atoms with van der Waals surface area (Å²) in [6.45, 7) is 1.64. The van der Waals surface area contributed by atoms with Crippen molar-refractivity contribution >= 4 is 5.91 Å². The number of hydrogen-bond acceptors (Lipinski definition) is 4. The number of likely N-dealkylation sites (tertiary alicyclic amines) is 1. The van der Waals surface area contributed by atoms with E-state index in [0.717, 1.165) is 31.5 Å². The summed E-state index contributed by atoms with van der Waals surface area (Å²) in [6, 6.07) is 7.28. The molecular weight excluding hydrogens is 282 g/mol. The number of rotatable bonds is 4. The molecule has 2 heterocycles. The van der Waals surface area contributed by atoms with Gasteiger partial charge in [-0.05, 0) is 31.0 Å². The predicted molar refractivity (Wildman–Crippen MR) is 82.3 cm³/mol. The van der Waals surface area contributed by atoms with Crippen molar-refractivity contribution < 1.29 is 14.3 Å². The van der Waals surface area contributed by atoms with E-state index in [1.165, 1.54) is 0 Å². The van der Waals surface area contributed by atoms with Crippen LogP contribution >= 0.6 is 0 Å². The maximum atomic E-state index is 12.3. The van der Waals surface area contributed by atoms with Crippen LogP contribution in [0.15, 0.2) is 24.3 Å². The summed E-state index contributed by atoms with van der Waals surface area (Å²) in [5.41, 5.74) is 2.01. The SMILES string of the molecule is COc1ccc(-c2cc(C(=O)N3CCCC3)[nH]n2)c(OC)c1. The Bertz CT molecular complexity index is 675. The van der Waals surface area contributed by atoms with Crippen LogP contribution < -0.4 is 9.47 Å². The number of carbonyl (C=O) groups excluding carboxylic acids is 1. The second kappa shape index (κ2) is 6.09. The fourth-order valence-corrected chi connectivity index (χ4v) is 2.67. The number of aromatic amines is 1. The number of ether oxygens (including phenoxy) is 2. The summed E-state index contributed by atoms with van der Waals surface area (Å²) < 4.78 is 10.6. The van der Waals surface area contributed by atoms with E-state index in [1.807, 2.05) is 17.0 Å². The molecule has 2 aromatic rings. The molecule has 6 nitrogen and oxygen atoms in total. The average Bonchev–Trinajstić information content (AvgIpc) is 3.25. The van der Waals surface area contributed by atoms with E-state index in [1.54, 1.807) is 26.4 Å². The molecule has 1 aliphatic heterocycles. The summed E-state index contributed by atoms with van der Waals surface area (Å²) in [7, 11) is 3.21. The molecule has 1 N–H and O–H groups in total. The molecule has 0 atom stereocenters. The molecule has 6 heteroatoms. The Balaban J connectivity index is 1.88. The molecule has 1 amide bonds. The molecule has 0 unspecified atom stereocenters. The monoisotopic (exact) mass is 301 g/mol. The molecule has 3 rings (SSSR count). The number of carbonyl (C=O) groups is 1. The van der Waals surface area contributed by atoms with Crippen LogP contribution in [0.3, 0.4) is 0 Å². The summed E-state index contributed by atoms with van der Waals surface area (Å²) in [5.74, 6) is 1.37. The lowest BCUT2D eigenvalue weighted by molar-refractivity contribution is 0.0787. The Kier molecular flexibility index (Phi) is 4.00. The molecular formula is C16H19N3O3. The molecule has 0 radical (unpaired) electrons. The molecule has 0 bridgehead atoms. The molecule has 1 aromatic carbocycles. The number of H-pyrrole nitrogens is 1. The Hall–Kier alpha value is -2.50. The van der Waals surface area contributed by atoms with Gasteiger partial charge < -0.3 is 14.4 Å². The van der Waals surface area contributed by atoms with Gasteiger partial charge in [0.25, 0.3) is 5.91 Å². The highest BCUT2D eigenvalue weighted by Crippen LogP contribution is 2.32. The van der Waals surface area contributed by atoms with E-state index in [-0.39, 0.29) is 5.91 Å². The lowest BCUT2D eigenvalue weighted by atomic mass is 10.1. The van der Waals surface area contributed by atoms with Crippen LogP contribution in [-0.4, -0.2) is 48.3 Å².